The Morgan fingerprint density at radius 3 is 2.71 bits per heavy atom. The number of hydrogen-bond acceptors (Lipinski definition) is 4. The zero-order chi connectivity index (χ0) is 11.8. The highest BCUT2D eigenvalue weighted by Gasteiger charge is 2.34. The van der Waals surface area contributed by atoms with Crippen molar-refractivity contribution in [2.45, 2.75) is 12.2 Å². The van der Waals surface area contributed by atoms with Crippen molar-refractivity contribution >= 4 is 0 Å². The van der Waals surface area contributed by atoms with Crippen LogP contribution >= 0.6 is 0 Å². The number of rotatable bonds is 2. The lowest BCUT2D eigenvalue weighted by Gasteiger charge is -2.16. The molecule has 3 rings (SSSR count). The topological polar surface area (TPSA) is 47.9 Å². The maximum Gasteiger partial charge on any atom is 0.187 e. The minimum atomic E-state index is -0.680. The Balaban J connectivity index is 2.09. The van der Waals surface area contributed by atoms with Gasteiger partial charge in [-0.3, -0.25) is 0 Å². The number of hydrogen-bond donors (Lipinski definition) is 1. The maximum atomic E-state index is 13.9. The fourth-order valence-corrected chi connectivity index (χ4v) is 2.32. The lowest BCUT2D eigenvalue weighted by Crippen LogP contribution is -2.11. The molecule has 1 atom stereocenters. The standard InChI is InChI=1S/C12H13FO4/c13-8-1-2-9-10(7(5-14)6-17-9)11(8)12-15-3-4-16-12/h1-2,7,12,14H,3-6H2/t7-/m0/s1. The predicted octanol–water partition coefficient (Wildman–Crippen LogP) is 1.34. The van der Waals surface area contributed by atoms with Gasteiger partial charge in [0.25, 0.3) is 0 Å². The highest BCUT2D eigenvalue weighted by Crippen LogP contribution is 2.42. The van der Waals surface area contributed by atoms with Crippen LogP contribution < -0.4 is 4.74 Å². The number of halogens is 1. The number of aliphatic hydroxyl groups excluding tert-OH is 1. The normalized spacial score (nSPS) is 23.8. The van der Waals surface area contributed by atoms with E-state index in [9.17, 15) is 9.50 Å². The molecule has 0 saturated carbocycles. The molecule has 92 valence electrons. The Bertz CT molecular complexity index is 429. The molecule has 1 N–H and O–H groups in total. The maximum absolute atomic E-state index is 13.9. The molecule has 0 spiro atoms. The second-order valence-electron chi connectivity index (χ2n) is 4.14. The monoisotopic (exact) mass is 240 g/mol. The van der Waals surface area contributed by atoms with Crippen LogP contribution in [-0.2, 0) is 9.47 Å². The molecule has 1 saturated heterocycles. The van der Waals surface area contributed by atoms with Crippen molar-refractivity contribution in [3.05, 3.63) is 29.1 Å². The molecular weight excluding hydrogens is 227 g/mol. The van der Waals surface area contributed by atoms with Gasteiger partial charge in [0.2, 0.25) is 0 Å². The molecule has 0 amide bonds. The van der Waals surface area contributed by atoms with Crippen LogP contribution in [0.5, 0.6) is 5.75 Å². The van der Waals surface area contributed by atoms with Crippen molar-refractivity contribution in [3.8, 4) is 5.75 Å². The average molecular weight is 240 g/mol. The van der Waals surface area contributed by atoms with Gasteiger partial charge in [0.05, 0.1) is 32.0 Å². The van der Waals surface area contributed by atoms with Gasteiger partial charge in [-0.2, -0.15) is 0 Å². The Morgan fingerprint density at radius 1 is 1.24 bits per heavy atom. The van der Waals surface area contributed by atoms with Gasteiger partial charge < -0.3 is 19.3 Å². The second kappa shape index (κ2) is 4.25. The largest absolute Gasteiger partial charge is 0.493 e. The molecule has 17 heavy (non-hydrogen) atoms. The van der Waals surface area contributed by atoms with Crippen molar-refractivity contribution in [2.75, 3.05) is 26.4 Å². The minimum absolute atomic E-state index is 0.0732. The number of benzene rings is 1. The van der Waals surface area contributed by atoms with Crippen molar-refractivity contribution in [3.63, 3.8) is 0 Å². The fourth-order valence-electron chi connectivity index (χ4n) is 2.32. The molecular formula is C12H13FO4. The molecule has 2 aliphatic heterocycles. The summed E-state index contributed by atoms with van der Waals surface area (Å²) in [5.74, 6) is 0.0302. The third kappa shape index (κ3) is 1.71. The van der Waals surface area contributed by atoms with Crippen LogP contribution in [0.3, 0.4) is 0 Å². The highest BCUT2D eigenvalue weighted by atomic mass is 19.1. The van der Waals surface area contributed by atoms with Gasteiger partial charge in [0.1, 0.15) is 11.6 Å². The van der Waals surface area contributed by atoms with Crippen LogP contribution in [0.15, 0.2) is 12.1 Å². The molecule has 0 bridgehead atoms. The molecule has 1 fully saturated rings. The van der Waals surface area contributed by atoms with E-state index in [4.69, 9.17) is 14.2 Å². The SMILES string of the molecule is OC[C@H]1COc2ccc(F)c(C3OCCO3)c21. The molecule has 2 aliphatic rings. The van der Waals surface area contributed by atoms with Crippen LogP contribution in [0, 0.1) is 5.82 Å². The van der Waals surface area contributed by atoms with E-state index in [0.29, 0.717) is 36.7 Å². The quantitative estimate of drug-likeness (QED) is 0.847. The van der Waals surface area contributed by atoms with Gasteiger partial charge in [0, 0.05) is 11.5 Å². The van der Waals surface area contributed by atoms with Gasteiger partial charge >= 0.3 is 0 Å². The smallest absolute Gasteiger partial charge is 0.187 e. The molecule has 0 unspecified atom stereocenters. The first-order chi connectivity index (χ1) is 8.31. The Labute approximate surface area is 97.9 Å². The minimum Gasteiger partial charge on any atom is -0.493 e. The van der Waals surface area contributed by atoms with Gasteiger partial charge in [-0.1, -0.05) is 0 Å². The van der Waals surface area contributed by atoms with Crippen molar-refractivity contribution in [2.24, 2.45) is 0 Å². The van der Waals surface area contributed by atoms with E-state index in [2.05, 4.69) is 0 Å². The lowest BCUT2D eigenvalue weighted by atomic mass is 9.95. The number of aliphatic hydroxyl groups is 1. The van der Waals surface area contributed by atoms with E-state index in [1.807, 2.05) is 0 Å². The second-order valence-corrected chi connectivity index (χ2v) is 4.14. The van der Waals surface area contributed by atoms with Gasteiger partial charge in [-0.05, 0) is 12.1 Å². The van der Waals surface area contributed by atoms with E-state index in [1.54, 1.807) is 6.07 Å². The summed E-state index contributed by atoms with van der Waals surface area (Å²) in [5, 5.41) is 9.29. The molecule has 0 radical (unpaired) electrons. The Hall–Kier alpha value is -1.17. The first-order valence-corrected chi connectivity index (χ1v) is 5.60. The van der Waals surface area contributed by atoms with E-state index >= 15 is 0 Å². The van der Waals surface area contributed by atoms with E-state index in [-0.39, 0.29) is 18.3 Å². The lowest BCUT2D eigenvalue weighted by molar-refractivity contribution is -0.0472. The molecule has 2 heterocycles. The zero-order valence-corrected chi connectivity index (χ0v) is 9.19. The molecule has 5 heteroatoms. The van der Waals surface area contributed by atoms with Crippen LogP contribution in [0.2, 0.25) is 0 Å². The molecule has 0 aliphatic carbocycles. The summed E-state index contributed by atoms with van der Waals surface area (Å²) in [5.41, 5.74) is 1.05. The first-order valence-electron chi connectivity index (χ1n) is 5.60. The van der Waals surface area contributed by atoms with E-state index < -0.39 is 6.29 Å². The van der Waals surface area contributed by atoms with Crippen LogP contribution in [0.4, 0.5) is 4.39 Å². The molecule has 0 aromatic heterocycles. The highest BCUT2D eigenvalue weighted by molar-refractivity contribution is 5.47. The Morgan fingerprint density at radius 2 is 2.00 bits per heavy atom. The van der Waals surface area contributed by atoms with Crippen molar-refractivity contribution < 1.29 is 23.7 Å². The summed E-state index contributed by atoms with van der Waals surface area (Å²) in [4.78, 5) is 0. The van der Waals surface area contributed by atoms with Gasteiger partial charge in [-0.15, -0.1) is 0 Å². The van der Waals surface area contributed by atoms with Crippen molar-refractivity contribution in [1.82, 2.24) is 0 Å². The third-order valence-corrected chi connectivity index (χ3v) is 3.12. The summed E-state index contributed by atoms with van der Waals surface area (Å²) in [6, 6.07) is 2.93. The van der Waals surface area contributed by atoms with Gasteiger partial charge in [-0.25, -0.2) is 4.39 Å². The third-order valence-electron chi connectivity index (χ3n) is 3.12. The van der Waals surface area contributed by atoms with Crippen LogP contribution in [0.25, 0.3) is 0 Å². The molecule has 1 aromatic carbocycles. The summed E-state index contributed by atoms with van der Waals surface area (Å²) in [6.45, 7) is 1.21. The zero-order valence-electron chi connectivity index (χ0n) is 9.19. The van der Waals surface area contributed by atoms with Crippen LogP contribution in [0.1, 0.15) is 23.3 Å². The molecule has 4 nitrogen and oxygen atoms in total. The van der Waals surface area contributed by atoms with Gasteiger partial charge in [0.15, 0.2) is 6.29 Å². The van der Waals surface area contributed by atoms with E-state index in [1.165, 1.54) is 6.07 Å². The van der Waals surface area contributed by atoms with Crippen molar-refractivity contribution in [1.29, 1.82) is 0 Å². The van der Waals surface area contributed by atoms with Crippen LogP contribution in [-0.4, -0.2) is 31.5 Å². The fraction of sp³-hybridized carbons (Fsp3) is 0.500. The first kappa shape index (κ1) is 11.0. The summed E-state index contributed by atoms with van der Waals surface area (Å²) >= 11 is 0. The molecule has 1 aromatic rings. The number of ether oxygens (including phenoxy) is 3. The summed E-state index contributed by atoms with van der Waals surface area (Å²) in [6.07, 6.45) is -0.680. The predicted molar refractivity (Wildman–Crippen MR) is 56.4 cm³/mol. The Kier molecular flexibility index (Phi) is 2.74. The summed E-state index contributed by atoms with van der Waals surface area (Å²) in [7, 11) is 0. The summed E-state index contributed by atoms with van der Waals surface area (Å²) < 4.78 is 30.0. The van der Waals surface area contributed by atoms with E-state index in [0.717, 1.165) is 0 Å². The average Bonchev–Trinajstić information content (AvgIpc) is 2.96. The number of fused-ring (bicyclic) bond motifs is 1.